The minimum Gasteiger partial charge on any atom is -0.323 e. The summed E-state index contributed by atoms with van der Waals surface area (Å²) in [4.78, 5) is 23.7. The number of fused-ring (bicyclic) bond motifs is 2. The van der Waals surface area contributed by atoms with Gasteiger partial charge in [-0.05, 0) is 54.1 Å². The van der Waals surface area contributed by atoms with Crippen LogP contribution >= 0.6 is 0 Å². The molecule has 3 amide bonds. The Morgan fingerprint density at radius 2 is 1.73 bits per heavy atom. The van der Waals surface area contributed by atoms with Gasteiger partial charge < -0.3 is 5.32 Å². The fourth-order valence-electron chi connectivity index (χ4n) is 5.07. The number of amides is 3. The van der Waals surface area contributed by atoms with Crippen molar-refractivity contribution in [1.29, 1.82) is 0 Å². The molecule has 1 saturated heterocycles. The van der Waals surface area contributed by atoms with Gasteiger partial charge in [0.1, 0.15) is 5.54 Å². The quantitative estimate of drug-likeness (QED) is 0.724. The fraction of sp³-hybridized carbons (Fsp3) is 0.556. The summed E-state index contributed by atoms with van der Waals surface area (Å²) in [5, 5.41) is 5.28. The van der Waals surface area contributed by atoms with Gasteiger partial charge in [-0.2, -0.15) is 0 Å². The van der Waals surface area contributed by atoms with Crippen LogP contribution in [0.25, 0.3) is 0 Å². The van der Waals surface area contributed by atoms with Crippen LogP contribution in [-0.2, 0) is 10.2 Å². The van der Waals surface area contributed by atoms with Gasteiger partial charge in [-0.15, -0.1) is 0 Å². The normalized spacial score (nSPS) is 39.9. The van der Waals surface area contributed by atoms with Crippen LogP contribution in [0.2, 0.25) is 0 Å². The number of carbonyl (C=O) groups is 2. The molecule has 2 atom stereocenters. The number of imide groups is 1. The Morgan fingerprint density at radius 1 is 1.05 bits per heavy atom. The predicted molar refractivity (Wildman–Crippen MR) is 83.6 cm³/mol. The second-order valence-electron chi connectivity index (χ2n) is 7.31. The zero-order valence-corrected chi connectivity index (χ0v) is 13.1. The summed E-state index contributed by atoms with van der Waals surface area (Å²) in [6.45, 7) is 4.66. The lowest BCUT2D eigenvalue weighted by molar-refractivity contribution is -0.125. The van der Waals surface area contributed by atoms with Crippen molar-refractivity contribution in [2.75, 3.05) is 0 Å². The molecule has 2 spiro atoms. The van der Waals surface area contributed by atoms with Crippen LogP contribution in [0.4, 0.5) is 4.79 Å². The SMILES string of the molecule is C[C@H]1c2ccccc2C2(CCC3(CC2)NC(=O)NC3=O)[C@H]1C. The van der Waals surface area contributed by atoms with Crippen LogP contribution in [0, 0.1) is 5.92 Å². The van der Waals surface area contributed by atoms with E-state index in [4.69, 9.17) is 0 Å². The van der Waals surface area contributed by atoms with Gasteiger partial charge in [0.15, 0.2) is 0 Å². The highest BCUT2D eigenvalue weighted by molar-refractivity contribution is 6.07. The lowest BCUT2D eigenvalue weighted by atomic mass is 9.60. The first-order valence-electron chi connectivity index (χ1n) is 8.22. The smallest absolute Gasteiger partial charge is 0.322 e. The maximum Gasteiger partial charge on any atom is 0.322 e. The maximum atomic E-state index is 12.2. The van der Waals surface area contributed by atoms with E-state index in [9.17, 15) is 9.59 Å². The lowest BCUT2D eigenvalue weighted by Crippen LogP contribution is -2.53. The van der Waals surface area contributed by atoms with Gasteiger partial charge in [0, 0.05) is 0 Å². The van der Waals surface area contributed by atoms with Crippen molar-refractivity contribution in [3.05, 3.63) is 35.4 Å². The molecule has 116 valence electrons. The van der Waals surface area contributed by atoms with Crippen LogP contribution in [0.1, 0.15) is 56.6 Å². The molecule has 1 aliphatic heterocycles. The molecule has 22 heavy (non-hydrogen) atoms. The summed E-state index contributed by atoms with van der Waals surface area (Å²) in [7, 11) is 0. The van der Waals surface area contributed by atoms with Crippen molar-refractivity contribution >= 4 is 11.9 Å². The highest BCUT2D eigenvalue weighted by atomic mass is 16.2. The van der Waals surface area contributed by atoms with Gasteiger partial charge in [-0.25, -0.2) is 4.79 Å². The minimum atomic E-state index is -0.664. The number of nitrogens with one attached hydrogen (secondary N) is 2. The number of urea groups is 1. The Kier molecular flexibility index (Phi) is 2.72. The number of carbonyl (C=O) groups excluding carboxylic acids is 2. The molecule has 2 fully saturated rings. The molecule has 4 nitrogen and oxygen atoms in total. The Balaban J connectivity index is 1.68. The van der Waals surface area contributed by atoms with E-state index < -0.39 is 5.54 Å². The van der Waals surface area contributed by atoms with E-state index in [1.165, 1.54) is 11.1 Å². The summed E-state index contributed by atoms with van der Waals surface area (Å²) < 4.78 is 0. The molecular weight excluding hydrogens is 276 g/mol. The second kappa shape index (κ2) is 4.34. The van der Waals surface area contributed by atoms with Crippen molar-refractivity contribution in [3.8, 4) is 0 Å². The van der Waals surface area contributed by atoms with Gasteiger partial charge in [0.25, 0.3) is 5.91 Å². The van der Waals surface area contributed by atoms with Gasteiger partial charge in [-0.1, -0.05) is 38.1 Å². The number of hydrogen-bond donors (Lipinski definition) is 2. The largest absolute Gasteiger partial charge is 0.323 e. The van der Waals surface area contributed by atoms with E-state index in [1.54, 1.807) is 0 Å². The third kappa shape index (κ3) is 1.58. The molecule has 0 bridgehead atoms. The molecule has 3 aliphatic rings. The van der Waals surface area contributed by atoms with Crippen LogP contribution in [0.5, 0.6) is 0 Å². The van der Waals surface area contributed by atoms with Gasteiger partial charge in [-0.3, -0.25) is 10.1 Å². The third-order valence-corrected chi connectivity index (χ3v) is 6.62. The monoisotopic (exact) mass is 298 g/mol. The Hall–Kier alpha value is -1.84. The molecule has 0 unspecified atom stereocenters. The van der Waals surface area contributed by atoms with Crippen LogP contribution in [0.15, 0.2) is 24.3 Å². The number of benzene rings is 1. The van der Waals surface area contributed by atoms with Gasteiger partial charge >= 0.3 is 6.03 Å². The molecule has 1 saturated carbocycles. The maximum absolute atomic E-state index is 12.2. The van der Waals surface area contributed by atoms with E-state index in [2.05, 4.69) is 48.7 Å². The van der Waals surface area contributed by atoms with Crippen LogP contribution in [-0.4, -0.2) is 17.5 Å². The zero-order valence-electron chi connectivity index (χ0n) is 13.1. The first kappa shape index (κ1) is 13.8. The van der Waals surface area contributed by atoms with Crippen LogP contribution in [0.3, 0.4) is 0 Å². The third-order valence-electron chi connectivity index (χ3n) is 6.62. The van der Waals surface area contributed by atoms with E-state index >= 15 is 0 Å². The Labute approximate surface area is 130 Å². The summed E-state index contributed by atoms with van der Waals surface area (Å²) in [5.41, 5.74) is 2.43. The number of hydrogen-bond acceptors (Lipinski definition) is 2. The average molecular weight is 298 g/mol. The van der Waals surface area contributed by atoms with E-state index in [0.29, 0.717) is 11.8 Å². The highest BCUT2D eigenvalue weighted by Gasteiger charge is 2.56. The summed E-state index contributed by atoms with van der Waals surface area (Å²) >= 11 is 0. The molecule has 4 heteroatoms. The highest BCUT2D eigenvalue weighted by Crippen LogP contribution is 2.58. The van der Waals surface area contributed by atoms with E-state index in [1.807, 2.05) is 0 Å². The van der Waals surface area contributed by atoms with E-state index in [-0.39, 0.29) is 17.4 Å². The molecule has 0 radical (unpaired) electrons. The van der Waals surface area contributed by atoms with Crippen molar-refractivity contribution in [1.82, 2.24) is 10.6 Å². The van der Waals surface area contributed by atoms with E-state index in [0.717, 1.165) is 25.7 Å². The molecular formula is C18H22N2O2. The zero-order chi connectivity index (χ0) is 15.5. The van der Waals surface area contributed by atoms with Crippen molar-refractivity contribution in [3.63, 3.8) is 0 Å². The number of rotatable bonds is 0. The Morgan fingerprint density at radius 3 is 2.36 bits per heavy atom. The molecule has 4 rings (SSSR count). The van der Waals surface area contributed by atoms with Crippen molar-refractivity contribution in [2.24, 2.45) is 5.92 Å². The summed E-state index contributed by atoms with van der Waals surface area (Å²) in [6.07, 6.45) is 3.39. The van der Waals surface area contributed by atoms with Gasteiger partial charge in [0.2, 0.25) is 0 Å². The predicted octanol–water partition coefficient (Wildman–Crippen LogP) is 2.83. The topological polar surface area (TPSA) is 58.2 Å². The fourth-order valence-corrected chi connectivity index (χ4v) is 5.07. The minimum absolute atomic E-state index is 0.140. The second-order valence-corrected chi connectivity index (χ2v) is 7.31. The molecule has 0 aromatic heterocycles. The first-order chi connectivity index (χ1) is 10.5. The average Bonchev–Trinajstić information content (AvgIpc) is 2.91. The van der Waals surface area contributed by atoms with Crippen LogP contribution < -0.4 is 10.6 Å². The standard InChI is InChI=1S/C18H22N2O2/c1-11-12(2)17(14-6-4-3-5-13(11)14)7-9-18(10-8-17)15(21)19-16(22)20-18/h3-6,11-12H,7-10H2,1-2H3,(H2,19,20,21,22)/t11-,12+,17?,18?/m1/s1. The Bertz CT molecular complexity index is 659. The lowest BCUT2D eigenvalue weighted by Gasteiger charge is -2.45. The summed E-state index contributed by atoms with van der Waals surface area (Å²) in [6, 6.07) is 8.42. The molecule has 1 heterocycles. The molecule has 2 N–H and O–H groups in total. The molecule has 2 aliphatic carbocycles. The molecule has 1 aromatic carbocycles. The van der Waals surface area contributed by atoms with Crippen molar-refractivity contribution < 1.29 is 9.59 Å². The van der Waals surface area contributed by atoms with Gasteiger partial charge in [0.05, 0.1) is 0 Å². The molecule has 1 aromatic rings. The van der Waals surface area contributed by atoms with Crippen molar-refractivity contribution in [2.45, 2.75) is 56.4 Å². The first-order valence-corrected chi connectivity index (χ1v) is 8.22. The summed E-state index contributed by atoms with van der Waals surface area (Å²) in [5.74, 6) is 0.985.